The predicted octanol–water partition coefficient (Wildman–Crippen LogP) is 4.00. The third-order valence-corrected chi connectivity index (χ3v) is 2.82. The Morgan fingerprint density at radius 3 is 2.59 bits per heavy atom. The number of benzene rings is 1. The van der Waals surface area contributed by atoms with Crippen LogP contribution in [0.2, 0.25) is 0 Å². The average molecular weight is 297 g/mol. The smallest absolute Gasteiger partial charge is 0.162 e. The molecule has 0 spiro atoms. The molecule has 0 aliphatic heterocycles. The van der Waals surface area contributed by atoms with Gasteiger partial charge in [0, 0.05) is 17.3 Å². The van der Waals surface area contributed by atoms with Gasteiger partial charge in [0.2, 0.25) is 0 Å². The zero-order valence-corrected chi connectivity index (χ0v) is 11.6. The molecule has 0 saturated carbocycles. The van der Waals surface area contributed by atoms with E-state index in [1.54, 1.807) is 7.11 Å². The van der Waals surface area contributed by atoms with E-state index in [-0.39, 0.29) is 5.78 Å². The van der Waals surface area contributed by atoms with Gasteiger partial charge < -0.3 is 4.74 Å². The molecule has 1 aromatic rings. The highest BCUT2D eigenvalue weighted by atomic mass is 79.9. The van der Waals surface area contributed by atoms with Crippen LogP contribution in [0.3, 0.4) is 0 Å². The topological polar surface area (TPSA) is 26.3 Å². The standard InChI is InChI=1S/C14H17BrO2/c1-17-13-9-7-12(8-10-13)14(16)6-4-2-3-5-11-15/h3,5,7-10H,2,4,6,11H2,1H3/b5-3+. The van der Waals surface area contributed by atoms with Crippen LogP contribution in [0, 0.1) is 0 Å². The van der Waals surface area contributed by atoms with Crippen molar-refractivity contribution in [3.05, 3.63) is 42.0 Å². The molecule has 92 valence electrons. The van der Waals surface area contributed by atoms with Crippen molar-refractivity contribution in [3.63, 3.8) is 0 Å². The maximum atomic E-state index is 11.8. The number of halogens is 1. The van der Waals surface area contributed by atoms with E-state index in [0.29, 0.717) is 6.42 Å². The molecule has 1 aromatic carbocycles. The van der Waals surface area contributed by atoms with Crippen molar-refractivity contribution in [1.29, 1.82) is 0 Å². The molecule has 0 unspecified atom stereocenters. The van der Waals surface area contributed by atoms with E-state index in [0.717, 1.165) is 29.5 Å². The summed E-state index contributed by atoms with van der Waals surface area (Å²) in [5.41, 5.74) is 0.760. The number of rotatable bonds is 7. The first-order valence-electron chi connectivity index (χ1n) is 5.66. The van der Waals surface area contributed by atoms with Crippen LogP contribution in [0.4, 0.5) is 0 Å². The number of carbonyl (C=O) groups is 1. The minimum Gasteiger partial charge on any atom is -0.497 e. The summed E-state index contributed by atoms with van der Waals surface area (Å²) in [6.07, 6.45) is 6.59. The minimum atomic E-state index is 0.194. The zero-order chi connectivity index (χ0) is 12.5. The Morgan fingerprint density at radius 2 is 2.00 bits per heavy atom. The van der Waals surface area contributed by atoms with Crippen molar-refractivity contribution in [1.82, 2.24) is 0 Å². The first kappa shape index (κ1) is 14.0. The number of alkyl halides is 1. The average Bonchev–Trinajstić information content (AvgIpc) is 2.38. The number of ketones is 1. The number of unbranched alkanes of at least 4 members (excludes halogenated alkanes) is 1. The van der Waals surface area contributed by atoms with E-state index in [4.69, 9.17) is 4.74 Å². The molecule has 0 aromatic heterocycles. The molecule has 0 aliphatic carbocycles. The molecule has 3 heteroatoms. The van der Waals surface area contributed by atoms with Crippen LogP contribution < -0.4 is 4.74 Å². The maximum absolute atomic E-state index is 11.8. The summed E-state index contributed by atoms with van der Waals surface area (Å²) < 4.78 is 5.05. The molecule has 1 rings (SSSR count). The van der Waals surface area contributed by atoms with Crippen molar-refractivity contribution >= 4 is 21.7 Å². The van der Waals surface area contributed by atoms with Crippen LogP contribution in [-0.4, -0.2) is 18.2 Å². The second-order valence-electron chi connectivity index (χ2n) is 3.67. The summed E-state index contributed by atoms with van der Waals surface area (Å²) in [4.78, 5) is 11.8. The highest BCUT2D eigenvalue weighted by Gasteiger charge is 2.04. The van der Waals surface area contributed by atoms with Crippen LogP contribution >= 0.6 is 15.9 Å². The second kappa shape index (κ2) is 8.07. The SMILES string of the molecule is COc1ccc(C(=O)CCC/C=C/CBr)cc1. The van der Waals surface area contributed by atoms with E-state index in [2.05, 4.69) is 28.1 Å². The van der Waals surface area contributed by atoms with Crippen LogP contribution in [0.1, 0.15) is 29.6 Å². The van der Waals surface area contributed by atoms with E-state index in [1.165, 1.54) is 0 Å². The monoisotopic (exact) mass is 296 g/mol. The Kier molecular flexibility index (Phi) is 6.63. The van der Waals surface area contributed by atoms with Crippen LogP contribution in [0.25, 0.3) is 0 Å². The van der Waals surface area contributed by atoms with Gasteiger partial charge in [-0.25, -0.2) is 0 Å². The summed E-state index contributed by atoms with van der Waals surface area (Å²) >= 11 is 3.32. The van der Waals surface area contributed by atoms with E-state index in [1.807, 2.05) is 24.3 Å². The third kappa shape index (κ3) is 5.18. The number of allylic oxidation sites excluding steroid dienone is 2. The Balaban J connectivity index is 2.38. The fraction of sp³-hybridized carbons (Fsp3) is 0.357. The third-order valence-electron chi connectivity index (χ3n) is 2.44. The highest BCUT2D eigenvalue weighted by molar-refractivity contribution is 9.09. The molecular weight excluding hydrogens is 280 g/mol. The summed E-state index contributed by atoms with van der Waals surface area (Å²) in [6, 6.07) is 7.26. The summed E-state index contributed by atoms with van der Waals surface area (Å²) in [7, 11) is 1.62. The van der Waals surface area contributed by atoms with Crippen molar-refractivity contribution in [2.75, 3.05) is 12.4 Å². The van der Waals surface area contributed by atoms with Crippen LogP contribution in [-0.2, 0) is 0 Å². The molecule has 0 heterocycles. The highest BCUT2D eigenvalue weighted by Crippen LogP contribution is 2.13. The van der Waals surface area contributed by atoms with Crippen LogP contribution in [0.15, 0.2) is 36.4 Å². The lowest BCUT2D eigenvalue weighted by atomic mass is 10.1. The molecular formula is C14H17BrO2. The lowest BCUT2D eigenvalue weighted by Crippen LogP contribution is -1.98. The number of ether oxygens (including phenoxy) is 1. The minimum absolute atomic E-state index is 0.194. The molecule has 2 nitrogen and oxygen atoms in total. The number of Topliss-reactive ketones (excluding diaryl/α,β-unsaturated/α-hetero) is 1. The molecule has 0 bridgehead atoms. The largest absolute Gasteiger partial charge is 0.497 e. The number of carbonyl (C=O) groups excluding carboxylic acids is 1. The molecule has 17 heavy (non-hydrogen) atoms. The van der Waals surface area contributed by atoms with Gasteiger partial charge in [0.25, 0.3) is 0 Å². The fourth-order valence-electron chi connectivity index (χ4n) is 1.48. The molecule has 0 atom stereocenters. The van der Waals surface area contributed by atoms with Gasteiger partial charge in [-0.3, -0.25) is 4.79 Å². The van der Waals surface area contributed by atoms with Crippen molar-refractivity contribution in [3.8, 4) is 5.75 Å². The molecule has 0 radical (unpaired) electrons. The van der Waals surface area contributed by atoms with E-state index < -0.39 is 0 Å². The van der Waals surface area contributed by atoms with Gasteiger partial charge in [-0.2, -0.15) is 0 Å². The zero-order valence-electron chi connectivity index (χ0n) is 9.99. The van der Waals surface area contributed by atoms with E-state index >= 15 is 0 Å². The van der Waals surface area contributed by atoms with Gasteiger partial charge in [-0.15, -0.1) is 0 Å². The summed E-state index contributed by atoms with van der Waals surface area (Å²) in [6.45, 7) is 0. The Hall–Kier alpha value is -1.09. The first-order valence-corrected chi connectivity index (χ1v) is 6.78. The van der Waals surface area contributed by atoms with Crippen LogP contribution in [0.5, 0.6) is 5.75 Å². The van der Waals surface area contributed by atoms with Crippen molar-refractivity contribution in [2.45, 2.75) is 19.3 Å². The Bertz CT molecular complexity index is 368. The summed E-state index contributed by atoms with van der Waals surface area (Å²) in [5, 5.41) is 0.874. The predicted molar refractivity (Wildman–Crippen MR) is 74.1 cm³/mol. The number of hydrogen-bond donors (Lipinski definition) is 0. The van der Waals surface area contributed by atoms with Gasteiger partial charge in [0.15, 0.2) is 5.78 Å². The van der Waals surface area contributed by atoms with Gasteiger partial charge in [0.05, 0.1) is 7.11 Å². The lowest BCUT2D eigenvalue weighted by Gasteiger charge is -2.02. The second-order valence-corrected chi connectivity index (χ2v) is 4.32. The molecule has 0 saturated heterocycles. The molecule has 0 amide bonds. The number of methoxy groups -OCH3 is 1. The quantitative estimate of drug-likeness (QED) is 0.329. The molecule has 0 aliphatic rings. The van der Waals surface area contributed by atoms with Gasteiger partial charge in [0.1, 0.15) is 5.75 Å². The molecule has 0 N–H and O–H groups in total. The van der Waals surface area contributed by atoms with Gasteiger partial charge in [-0.05, 0) is 37.1 Å². The Labute approximate surface area is 111 Å². The lowest BCUT2D eigenvalue weighted by molar-refractivity contribution is 0.0980. The maximum Gasteiger partial charge on any atom is 0.162 e. The van der Waals surface area contributed by atoms with Crippen molar-refractivity contribution in [2.24, 2.45) is 0 Å². The summed E-state index contributed by atoms with van der Waals surface area (Å²) in [5.74, 6) is 0.974. The van der Waals surface area contributed by atoms with Crippen molar-refractivity contribution < 1.29 is 9.53 Å². The Morgan fingerprint density at radius 1 is 1.29 bits per heavy atom. The molecule has 0 fully saturated rings. The number of hydrogen-bond acceptors (Lipinski definition) is 2. The van der Waals surface area contributed by atoms with Gasteiger partial charge in [-0.1, -0.05) is 28.1 Å². The first-order chi connectivity index (χ1) is 8.27. The van der Waals surface area contributed by atoms with Gasteiger partial charge >= 0.3 is 0 Å². The normalized spacial score (nSPS) is 10.7. The van der Waals surface area contributed by atoms with E-state index in [9.17, 15) is 4.79 Å². The fourth-order valence-corrected chi connectivity index (χ4v) is 1.75.